The number of pyridine rings is 1. The molecule has 6 heteroatoms. The lowest BCUT2D eigenvalue weighted by atomic mass is 10.1. The van der Waals surface area contributed by atoms with Crippen LogP contribution in [-0.4, -0.2) is 30.1 Å². The molecule has 1 atom stereocenters. The lowest BCUT2D eigenvalue weighted by molar-refractivity contribution is -0.139. The molecule has 0 saturated heterocycles. The Kier molecular flexibility index (Phi) is 5.52. The number of carbonyl (C=O) groups is 2. The fraction of sp³-hybridized carbons (Fsp3) is 0.278. The summed E-state index contributed by atoms with van der Waals surface area (Å²) in [6.45, 7) is 3.30. The molecule has 2 aromatic rings. The third-order valence-electron chi connectivity index (χ3n) is 3.88. The highest BCUT2D eigenvalue weighted by Crippen LogP contribution is 2.16. The molecule has 126 valence electrons. The number of nitrogens with one attached hydrogen (secondary N) is 1. The molecule has 24 heavy (non-hydrogen) atoms. The molecule has 0 saturated carbocycles. The van der Waals surface area contributed by atoms with E-state index in [2.05, 4.69) is 10.1 Å². The predicted octanol–water partition coefficient (Wildman–Crippen LogP) is 1.67. The van der Waals surface area contributed by atoms with Crippen molar-refractivity contribution in [3.63, 3.8) is 0 Å². The highest BCUT2D eigenvalue weighted by molar-refractivity contribution is 5.96. The van der Waals surface area contributed by atoms with E-state index in [4.69, 9.17) is 0 Å². The number of carbonyl (C=O) groups excluding carboxylic acids is 2. The summed E-state index contributed by atoms with van der Waals surface area (Å²) in [4.78, 5) is 36.2. The van der Waals surface area contributed by atoms with Crippen molar-refractivity contribution in [1.82, 2.24) is 9.88 Å². The molecular weight excluding hydrogens is 308 g/mol. The van der Waals surface area contributed by atoms with Crippen molar-refractivity contribution in [2.45, 2.75) is 19.9 Å². The van der Waals surface area contributed by atoms with Gasteiger partial charge in [-0.25, -0.2) is 0 Å². The Morgan fingerprint density at radius 3 is 2.50 bits per heavy atom. The third kappa shape index (κ3) is 3.71. The minimum Gasteiger partial charge on any atom is -0.468 e. The van der Waals surface area contributed by atoms with Gasteiger partial charge in [0.05, 0.1) is 13.2 Å². The molecule has 1 aromatic carbocycles. The van der Waals surface area contributed by atoms with Gasteiger partial charge < -0.3 is 14.6 Å². The minimum atomic E-state index is -0.586. The maximum Gasteiger partial charge on any atom is 0.325 e. The van der Waals surface area contributed by atoms with Crippen LogP contribution in [0.5, 0.6) is 0 Å². The SMILES string of the molecule is COC(=O)CNC(=O)c1c(C)ccn(C(C)c2ccccc2)c1=O. The van der Waals surface area contributed by atoms with E-state index in [-0.39, 0.29) is 18.2 Å². The number of hydrogen-bond acceptors (Lipinski definition) is 4. The molecule has 1 heterocycles. The maximum absolute atomic E-state index is 12.7. The van der Waals surface area contributed by atoms with Crippen LogP contribution in [0.3, 0.4) is 0 Å². The molecule has 1 unspecified atom stereocenters. The van der Waals surface area contributed by atoms with Gasteiger partial charge in [-0.2, -0.15) is 0 Å². The number of aryl methyl sites for hydroxylation is 1. The van der Waals surface area contributed by atoms with Crippen LogP contribution in [0.2, 0.25) is 0 Å². The fourth-order valence-electron chi connectivity index (χ4n) is 2.43. The molecule has 6 nitrogen and oxygen atoms in total. The standard InChI is InChI=1S/C18H20N2O4/c1-12-9-10-20(13(2)14-7-5-4-6-8-14)18(23)16(12)17(22)19-11-15(21)24-3/h4-10,13H,11H2,1-3H3,(H,19,22). The first-order valence-electron chi connectivity index (χ1n) is 7.57. The van der Waals surface area contributed by atoms with Crippen molar-refractivity contribution in [2.75, 3.05) is 13.7 Å². The van der Waals surface area contributed by atoms with Gasteiger partial charge in [-0.1, -0.05) is 30.3 Å². The van der Waals surface area contributed by atoms with Crippen LogP contribution in [0.25, 0.3) is 0 Å². The molecule has 1 amide bonds. The normalized spacial score (nSPS) is 11.6. The highest BCUT2D eigenvalue weighted by atomic mass is 16.5. The molecule has 0 spiro atoms. The van der Waals surface area contributed by atoms with Crippen LogP contribution in [0.1, 0.15) is 34.5 Å². The van der Waals surface area contributed by atoms with E-state index in [1.807, 2.05) is 37.3 Å². The van der Waals surface area contributed by atoms with Crippen molar-refractivity contribution < 1.29 is 14.3 Å². The second kappa shape index (κ2) is 7.59. The van der Waals surface area contributed by atoms with E-state index in [9.17, 15) is 14.4 Å². The lowest BCUT2D eigenvalue weighted by Crippen LogP contribution is -2.37. The van der Waals surface area contributed by atoms with Gasteiger partial charge in [-0.05, 0) is 31.0 Å². The zero-order chi connectivity index (χ0) is 17.7. The van der Waals surface area contributed by atoms with E-state index in [1.165, 1.54) is 11.7 Å². The summed E-state index contributed by atoms with van der Waals surface area (Å²) < 4.78 is 5.99. The first-order chi connectivity index (χ1) is 11.5. The van der Waals surface area contributed by atoms with Crippen LogP contribution in [0, 0.1) is 6.92 Å². The quantitative estimate of drug-likeness (QED) is 0.847. The summed E-state index contributed by atoms with van der Waals surface area (Å²) in [5.41, 5.74) is 1.15. The zero-order valence-corrected chi connectivity index (χ0v) is 13.9. The number of methoxy groups -OCH3 is 1. The fourth-order valence-corrected chi connectivity index (χ4v) is 2.43. The smallest absolute Gasteiger partial charge is 0.325 e. The van der Waals surface area contributed by atoms with Gasteiger partial charge in [-0.3, -0.25) is 14.4 Å². The Bertz CT molecular complexity index is 796. The van der Waals surface area contributed by atoms with E-state index in [0.717, 1.165) is 5.56 Å². The van der Waals surface area contributed by atoms with Crippen molar-refractivity contribution in [1.29, 1.82) is 0 Å². The van der Waals surface area contributed by atoms with Crippen LogP contribution < -0.4 is 10.9 Å². The second-order valence-corrected chi connectivity index (χ2v) is 5.43. The topological polar surface area (TPSA) is 77.4 Å². The van der Waals surface area contributed by atoms with Crippen LogP contribution in [-0.2, 0) is 9.53 Å². The number of amides is 1. The Hall–Kier alpha value is -2.89. The van der Waals surface area contributed by atoms with Gasteiger partial charge in [-0.15, -0.1) is 0 Å². The summed E-state index contributed by atoms with van der Waals surface area (Å²) in [5, 5.41) is 2.41. The van der Waals surface area contributed by atoms with Crippen molar-refractivity contribution in [2.24, 2.45) is 0 Å². The zero-order valence-electron chi connectivity index (χ0n) is 13.9. The molecular formula is C18H20N2O4. The van der Waals surface area contributed by atoms with Crippen molar-refractivity contribution in [3.8, 4) is 0 Å². The van der Waals surface area contributed by atoms with Gasteiger partial charge in [0.25, 0.3) is 11.5 Å². The highest BCUT2D eigenvalue weighted by Gasteiger charge is 2.19. The number of rotatable bonds is 5. The number of esters is 1. The largest absolute Gasteiger partial charge is 0.468 e. The van der Waals surface area contributed by atoms with E-state index >= 15 is 0 Å². The summed E-state index contributed by atoms with van der Waals surface area (Å²) in [6, 6.07) is 11.0. The third-order valence-corrected chi connectivity index (χ3v) is 3.88. The van der Waals surface area contributed by atoms with Crippen LogP contribution in [0.4, 0.5) is 0 Å². The van der Waals surface area contributed by atoms with Crippen molar-refractivity contribution >= 4 is 11.9 Å². The number of ether oxygens (including phenoxy) is 1. The monoisotopic (exact) mass is 328 g/mol. The molecule has 1 N–H and O–H groups in total. The molecule has 0 aliphatic rings. The van der Waals surface area contributed by atoms with Gasteiger partial charge in [0.15, 0.2) is 0 Å². The minimum absolute atomic E-state index is 0.0317. The van der Waals surface area contributed by atoms with Gasteiger partial charge in [0, 0.05) is 6.20 Å². The van der Waals surface area contributed by atoms with Gasteiger partial charge in [0.1, 0.15) is 12.1 Å². The van der Waals surface area contributed by atoms with E-state index < -0.39 is 17.4 Å². The first-order valence-corrected chi connectivity index (χ1v) is 7.57. The second-order valence-electron chi connectivity index (χ2n) is 5.43. The summed E-state index contributed by atoms with van der Waals surface area (Å²) >= 11 is 0. The number of nitrogens with zero attached hydrogens (tertiary/aromatic N) is 1. The predicted molar refractivity (Wildman–Crippen MR) is 90.0 cm³/mol. The summed E-state index contributed by atoms with van der Waals surface area (Å²) in [5.74, 6) is -1.16. The number of hydrogen-bond donors (Lipinski definition) is 1. The molecule has 0 fully saturated rings. The summed E-state index contributed by atoms with van der Waals surface area (Å²) in [6.07, 6.45) is 1.67. The van der Waals surface area contributed by atoms with E-state index in [1.54, 1.807) is 19.2 Å². The Labute approximate surface area is 140 Å². The average Bonchev–Trinajstić information content (AvgIpc) is 2.60. The Morgan fingerprint density at radius 1 is 1.21 bits per heavy atom. The molecule has 1 aromatic heterocycles. The molecule has 0 bridgehead atoms. The lowest BCUT2D eigenvalue weighted by Gasteiger charge is -2.17. The van der Waals surface area contributed by atoms with Crippen LogP contribution >= 0.6 is 0 Å². The summed E-state index contributed by atoms with van der Waals surface area (Å²) in [7, 11) is 1.23. The molecule has 0 aliphatic heterocycles. The van der Waals surface area contributed by atoms with E-state index in [0.29, 0.717) is 5.56 Å². The molecule has 0 radical (unpaired) electrons. The first kappa shape index (κ1) is 17.5. The van der Waals surface area contributed by atoms with Crippen molar-refractivity contribution in [3.05, 3.63) is 69.6 Å². The Morgan fingerprint density at radius 2 is 1.88 bits per heavy atom. The number of aromatic nitrogens is 1. The van der Waals surface area contributed by atoms with Gasteiger partial charge >= 0.3 is 5.97 Å². The number of benzene rings is 1. The molecule has 0 aliphatic carbocycles. The average molecular weight is 328 g/mol. The molecule has 2 rings (SSSR count). The van der Waals surface area contributed by atoms with Crippen LogP contribution in [0.15, 0.2) is 47.4 Å². The van der Waals surface area contributed by atoms with Gasteiger partial charge in [0.2, 0.25) is 0 Å². The Balaban J connectivity index is 2.35. The maximum atomic E-state index is 12.7.